The molecule has 0 amide bonds. The summed E-state index contributed by atoms with van der Waals surface area (Å²) in [6, 6.07) is 0. The third-order valence-corrected chi connectivity index (χ3v) is 0.850. The molecule has 0 unspecified atom stereocenters. The monoisotopic (exact) mass is 120 g/mol. The number of hydrogen-bond donors (Lipinski definition) is 0. The molecule has 0 radical (unpaired) electrons. The molecule has 4 heteroatoms. The fourth-order valence-electron chi connectivity index (χ4n) is 0.437. The Labute approximate surface area is 65.7 Å². The Morgan fingerprint density at radius 2 is 2.11 bits per heavy atom. The molecular formula is C5H5LiO3. The maximum absolute atomic E-state index is 10.3. The minimum Gasteiger partial charge on any atom is -1.00 e. The van der Waals surface area contributed by atoms with E-state index in [9.17, 15) is 9.59 Å². The van der Waals surface area contributed by atoms with Gasteiger partial charge in [-0.25, -0.2) is 9.59 Å². The van der Waals surface area contributed by atoms with Gasteiger partial charge in [0, 0.05) is 11.6 Å². The number of ether oxygens (including phenoxy) is 1. The number of esters is 2. The smallest absolute Gasteiger partial charge is 1.00 e. The molecule has 1 aliphatic rings. The topological polar surface area (TPSA) is 43.4 Å². The van der Waals surface area contributed by atoms with Crippen molar-refractivity contribution in [2.24, 2.45) is 0 Å². The molecule has 1 heterocycles. The summed E-state index contributed by atoms with van der Waals surface area (Å²) < 4.78 is 4.10. The van der Waals surface area contributed by atoms with Gasteiger partial charge in [0.15, 0.2) is 0 Å². The van der Waals surface area contributed by atoms with Gasteiger partial charge in [0.05, 0.1) is 0 Å². The van der Waals surface area contributed by atoms with E-state index in [4.69, 9.17) is 0 Å². The number of rotatable bonds is 0. The van der Waals surface area contributed by atoms with E-state index in [1.54, 1.807) is 0 Å². The molecular weight excluding hydrogens is 115 g/mol. The molecule has 44 valence electrons. The predicted molar refractivity (Wildman–Crippen MR) is 26.0 cm³/mol. The number of hydrogen-bond acceptors (Lipinski definition) is 3. The van der Waals surface area contributed by atoms with E-state index in [0.29, 0.717) is 5.57 Å². The number of carbonyl (C=O) groups is 2. The van der Waals surface area contributed by atoms with Gasteiger partial charge in [0.1, 0.15) is 0 Å². The first kappa shape index (κ1) is 8.48. The summed E-state index contributed by atoms with van der Waals surface area (Å²) in [5, 5.41) is 0. The minimum absolute atomic E-state index is 0. The SMILES string of the molecule is CC1=CC(=O)OC1=O.[H-].[Li+]. The molecule has 0 saturated heterocycles. The van der Waals surface area contributed by atoms with Crippen molar-refractivity contribution in [3.8, 4) is 0 Å². The Kier molecular flexibility index (Phi) is 2.69. The van der Waals surface area contributed by atoms with Gasteiger partial charge in [-0.05, 0) is 6.92 Å². The van der Waals surface area contributed by atoms with Crippen molar-refractivity contribution in [2.75, 3.05) is 0 Å². The van der Waals surface area contributed by atoms with Gasteiger partial charge in [-0.1, -0.05) is 0 Å². The predicted octanol–water partition coefficient (Wildman–Crippen LogP) is -2.87. The molecule has 1 aliphatic heterocycles. The van der Waals surface area contributed by atoms with Gasteiger partial charge >= 0.3 is 30.8 Å². The normalized spacial score (nSPS) is 16.3. The van der Waals surface area contributed by atoms with Crippen LogP contribution in [0.4, 0.5) is 0 Å². The van der Waals surface area contributed by atoms with Crippen LogP contribution in [0.1, 0.15) is 8.35 Å². The van der Waals surface area contributed by atoms with Crippen LogP contribution < -0.4 is 18.9 Å². The molecule has 0 aromatic heterocycles. The van der Waals surface area contributed by atoms with Crippen LogP contribution in [0.25, 0.3) is 0 Å². The molecule has 0 saturated carbocycles. The Morgan fingerprint density at radius 3 is 2.22 bits per heavy atom. The Balaban J connectivity index is 0. The molecule has 0 N–H and O–H groups in total. The van der Waals surface area contributed by atoms with E-state index >= 15 is 0 Å². The van der Waals surface area contributed by atoms with Crippen molar-refractivity contribution >= 4 is 11.9 Å². The first-order valence-corrected chi connectivity index (χ1v) is 2.14. The van der Waals surface area contributed by atoms with Gasteiger partial charge < -0.3 is 6.16 Å². The molecule has 3 nitrogen and oxygen atoms in total. The Bertz CT molecular complexity index is 187. The van der Waals surface area contributed by atoms with Gasteiger partial charge in [-0.2, -0.15) is 0 Å². The molecule has 0 fully saturated rings. The summed E-state index contributed by atoms with van der Waals surface area (Å²) in [5.41, 5.74) is 0.370. The second-order valence-corrected chi connectivity index (χ2v) is 1.54. The molecule has 0 atom stereocenters. The molecule has 0 spiro atoms. The van der Waals surface area contributed by atoms with Crippen LogP contribution in [-0.4, -0.2) is 11.9 Å². The second-order valence-electron chi connectivity index (χ2n) is 1.54. The summed E-state index contributed by atoms with van der Waals surface area (Å²) in [6.07, 6.45) is 1.17. The van der Waals surface area contributed by atoms with Crippen molar-refractivity contribution in [2.45, 2.75) is 6.92 Å². The van der Waals surface area contributed by atoms with Crippen molar-refractivity contribution in [3.05, 3.63) is 11.6 Å². The van der Waals surface area contributed by atoms with E-state index < -0.39 is 11.9 Å². The summed E-state index contributed by atoms with van der Waals surface area (Å²) in [7, 11) is 0. The van der Waals surface area contributed by atoms with Gasteiger partial charge in [0.25, 0.3) is 0 Å². The molecule has 9 heavy (non-hydrogen) atoms. The molecule has 0 bridgehead atoms. The summed E-state index contributed by atoms with van der Waals surface area (Å²) >= 11 is 0. The van der Waals surface area contributed by atoms with Crippen LogP contribution in [0, 0.1) is 0 Å². The summed E-state index contributed by atoms with van der Waals surface area (Å²) in [6.45, 7) is 1.53. The van der Waals surface area contributed by atoms with Crippen molar-refractivity contribution in [3.63, 3.8) is 0 Å². The molecule has 0 aliphatic carbocycles. The quantitative estimate of drug-likeness (QED) is 0.196. The van der Waals surface area contributed by atoms with Crippen LogP contribution >= 0.6 is 0 Å². The summed E-state index contributed by atoms with van der Waals surface area (Å²) in [5.74, 6) is -1.09. The third kappa shape index (κ3) is 1.70. The molecule has 0 aromatic carbocycles. The first-order chi connectivity index (χ1) is 3.70. The van der Waals surface area contributed by atoms with E-state index in [1.165, 1.54) is 13.0 Å². The average molecular weight is 120 g/mol. The van der Waals surface area contributed by atoms with E-state index in [2.05, 4.69) is 4.74 Å². The first-order valence-electron chi connectivity index (χ1n) is 2.14. The van der Waals surface area contributed by atoms with Crippen molar-refractivity contribution < 1.29 is 34.6 Å². The Morgan fingerprint density at radius 1 is 1.56 bits per heavy atom. The van der Waals surface area contributed by atoms with E-state index in [1.807, 2.05) is 0 Å². The Hall–Kier alpha value is -0.523. The van der Waals surface area contributed by atoms with Crippen LogP contribution in [-0.2, 0) is 14.3 Å². The number of cyclic esters (lactones) is 2. The van der Waals surface area contributed by atoms with E-state index in [-0.39, 0.29) is 20.3 Å². The molecule has 0 aromatic rings. The zero-order valence-electron chi connectivity index (χ0n) is 6.30. The average Bonchev–Trinajstić information content (AvgIpc) is 1.85. The van der Waals surface area contributed by atoms with Crippen molar-refractivity contribution in [1.82, 2.24) is 0 Å². The number of carbonyl (C=O) groups excluding carboxylic acids is 2. The largest absolute Gasteiger partial charge is 1.00 e. The van der Waals surface area contributed by atoms with Gasteiger partial charge in [0.2, 0.25) is 0 Å². The fourth-order valence-corrected chi connectivity index (χ4v) is 0.437. The zero-order valence-corrected chi connectivity index (χ0v) is 5.30. The van der Waals surface area contributed by atoms with Gasteiger partial charge in [-0.3, -0.25) is 0 Å². The maximum Gasteiger partial charge on any atom is 1.00 e. The second kappa shape index (κ2) is 2.86. The van der Waals surface area contributed by atoms with Crippen LogP contribution in [0.5, 0.6) is 0 Å². The van der Waals surface area contributed by atoms with Crippen LogP contribution in [0.3, 0.4) is 0 Å². The summed E-state index contributed by atoms with van der Waals surface area (Å²) in [4.78, 5) is 20.4. The third-order valence-electron chi connectivity index (χ3n) is 0.850. The minimum atomic E-state index is -0.562. The standard InChI is InChI=1S/C5H4O3.Li.H/c1-3-2-4(6)8-5(3)7;;/h2H,1H3;;/q;+1;-1. The van der Waals surface area contributed by atoms with Crippen LogP contribution in [0.15, 0.2) is 11.6 Å². The maximum atomic E-state index is 10.3. The van der Waals surface area contributed by atoms with E-state index in [0.717, 1.165) is 0 Å². The van der Waals surface area contributed by atoms with Crippen LogP contribution in [0.2, 0.25) is 0 Å². The molecule has 1 rings (SSSR count). The van der Waals surface area contributed by atoms with Crippen molar-refractivity contribution in [1.29, 1.82) is 0 Å². The van der Waals surface area contributed by atoms with Gasteiger partial charge in [-0.15, -0.1) is 0 Å². The fraction of sp³-hybridized carbons (Fsp3) is 0.200. The zero-order chi connectivity index (χ0) is 6.15.